The molecule has 0 radical (unpaired) electrons. The minimum atomic E-state index is -2.14. The molecule has 0 spiro atoms. The Morgan fingerprint density at radius 1 is 0.641 bits per heavy atom. The second-order valence-electron chi connectivity index (χ2n) is 11.5. The third-order valence-corrected chi connectivity index (χ3v) is 9.64. The molecule has 3 aliphatic rings. The number of benzene rings is 4. The molecule has 2 unspecified atom stereocenters. The molecule has 1 aliphatic heterocycles. The number of halogens is 5. The average Bonchev–Trinajstić information content (AvgIpc) is 3.41. The van der Waals surface area contributed by atoms with Gasteiger partial charge in [-0.05, 0) is 77.3 Å². The lowest BCUT2D eigenvalue weighted by Crippen LogP contribution is -2.55. The second kappa shape index (κ2) is 8.17. The zero-order chi connectivity index (χ0) is 27.3. The van der Waals surface area contributed by atoms with Gasteiger partial charge in [-0.25, -0.2) is 22.0 Å². The fourth-order valence-corrected chi connectivity index (χ4v) is 7.38. The lowest BCUT2D eigenvalue weighted by molar-refractivity contribution is 0.192. The third-order valence-electron chi connectivity index (χ3n) is 9.64. The Morgan fingerprint density at radius 3 is 2.03 bits per heavy atom. The Bertz CT molecular complexity index is 1670. The van der Waals surface area contributed by atoms with Crippen LogP contribution in [0.25, 0.3) is 22.3 Å². The molecule has 1 fully saturated rings. The zero-order valence-electron chi connectivity index (χ0n) is 21.6. The van der Waals surface area contributed by atoms with Crippen LogP contribution in [0.4, 0.5) is 33.3 Å². The highest BCUT2D eigenvalue weighted by atomic mass is 19.2. The first-order chi connectivity index (χ1) is 18.7. The van der Waals surface area contributed by atoms with E-state index in [2.05, 4.69) is 43.3 Å². The molecule has 39 heavy (non-hydrogen) atoms. The van der Waals surface area contributed by atoms with Crippen molar-refractivity contribution in [3.63, 3.8) is 0 Å². The molecule has 6 heteroatoms. The number of anilines is 2. The molecule has 4 aromatic rings. The van der Waals surface area contributed by atoms with Crippen molar-refractivity contribution in [2.24, 2.45) is 0 Å². The summed E-state index contributed by atoms with van der Waals surface area (Å²) < 4.78 is 73.2. The number of fused-ring (bicyclic) bond motifs is 6. The van der Waals surface area contributed by atoms with Gasteiger partial charge in [0, 0.05) is 11.1 Å². The van der Waals surface area contributed by atoms with Crippen molar-refractivity contribution in [2.45, 2.75) is 56.9 Å². The standard InChI is InChI=1S/C33H26F5N/c1-32-13-5-6-14-33(32,2)39(31-29(37)27(35)26(34)28(36)30(31)38)25-12-10-19(17-24(25)32)18-9-11-23-21(15-18)16-20-7-3-4-8-22(20)23/h3-4,7-12,15,17H,5-6,13-14,16H2,1-2H3. The predicted molar refractivity (Wildman–Crippen MR) is 143 cm³/mol. The number of nitrogens with zero attached hydrogens (tertiary/aromatic N) is 1. The van der Waals surface area contributed by atoms with Crippen LogP contribution in [0.1, 0.15) is 56.2 Å². The number of hydrogen-bond donors (Lipinski definition) is 0. The first-order valence-electron chi connectivity index (χ1n) is 13.3. The van der Waals surface area contributed by atoms with E-state index >= 15 is 8.78 Å². The van der Waals surface area contributed by atoms with Crippen LogP contribution in [0.15, 0.2) is 60.7 Å². The predicted octanol–water partition coefficient (Wildman–Crippen LogP) is 9.36. The Hall–Kier alpha value is -3.67. The summed E-state index contributed by atoms with van der Waals surface area (Å²) in [6.07, 6.45) is 3.87. The van der Waals surface area contributed by atoms with Crippen LogP contribution >= 0.6 is 0 Å². The largest absolute Gasteiger partial charge is 0.329 e. The van der Waals surface area contributed by atoms with Crippen LogP contribution in [-0.4, -0.2) is 5.54 Å². The SMILES string of the molecule is CC12CCCCC1(C)N(c1c(F)c(F)c(F)c(F)c1F)c1ccc(-c3ccc4c(c3)Cc3ccccc3-4)cc12. The minimum absolute atomic E-state index is 0.488. The first kappa shape index (κ1) is 24.4. The van der Waals surface area contributed by atoms with Gasteiger partial charge >= 0.3 is 0 Å². The van der Waals surface area contributed by atoms with Crippen molar-refractivity contribution < 1.29 is 22.0 Å². The Balaban J connectivity index is 1.40. The van der Waals surface area contributed by atoms with E-state index in [-0.39, 0.29) is 0 Å². The zero-order valence-corrected chi connectivity index (χ0v) is 21.6. The fraction of sp³-hybridized carbons (Fsp3) is 0.273. The van der Waals surface area contributed by atoms with Gasteiger partial charge in [-0.3, -0.25) is 0 Å². The third kappa shape index (κ3) is 3.11. The van der Waals surface area contributed by atoms with Crippen LogP contribution in [0, 0.1) is 29.1 Å². The van der Waals surface area contributed by atoms with E-state index in [9.17, 15) is 13.2 Å². The van der Waals surface area contributed by atoms with Gasteiger partial charge in [0.1, 0.15) is 5.69 Å². The minimum Gasteiger partial charge on any atom is -0.329 e. The molecule has 0 amide bonds. The van der Waals surface area contributed by atoms with Gasteiger partial charge in [-0.2, -0.15) is 0 Å². The van der Waals surface area contributed by atoms with Crippen LogP contribution in [0.3, 0.4) is 0 Å². The molecule has 1 saturated carbocycles. The Morgan fingerprint density at radius 2 is 1.26 bits per heavy atom. The van der Waals surface area contributed by atoms with Crippen LogP contribution < -0.4 is 4.90 Å². The van der Waals surface area contributed by atoms with Gasteiger partial charge in [0.2, 0.25) is 5.82 Å². The molecule has 0 aromatic heterocycles. The van der Waals surface area contributed by atoms with Gasteiger partial charge in [0.05, 0.1) is 5.54 Å². The fourth-order valence-electron chi connectivity index (χ4n) is 7.38. The molecule has 1 nitrogen and oxygen atoms in total. The van der Waals surface area contributed by atoms with E-state index in [4.69, 9.17) is 0 Å². The molecular formula is C33H26F5N. The van der Waals surface area contributed by atoms with Gasteiger partial charge in [-0.15, -0.1) is 0 Å². The maximum Gasteiger partial charge on any atom is 0.200 e. The van der Waals surface area contributed by atoms with E-state index in [1.54, 1.807) is 6.07 Å². The van der Waals surface area contributed by atoms with Gasteiger partial charge in [0.15, 0.2) is 23.3 Å². The molecule has 7 rings (SSSR count). The summed E-state index contributed by atoms with van der Waals surface area (Å²) in [6.45, 7) is 3.94. The summed E-state index contributed by atoms with van der Waals surface area (Å²) in [5.74, 6) is -9.58. The van der Waals surface area contributed by atoms with Crippen molar-refractivity contribution >= 4 is 11.4 Å². The molecule has 2 atom stereocenters. The van der Waals surface area contributed by atoms with Crippen molar-refractivity contribution in [3.05, 3.63) is 106 Å². The van der Waals surface area contributed by atoms with Crippen LogP contribution in [0.2, 0.25) is 0 Å². The molecular weight excluding hydrogens is 505 g/mol. The van der Waals surface area contributed by atoms with Gasteiger partial charge in [0.25, 0.3) is 0 Å². The van der Waals surface area contributed by atoms with Crippen molar-refractivity contribution in [1.82, 2.24) is 0 Å². The summed E-state index contributed by atoms with van der Waals surface area (Å²) in [6, 6.07) is 20.5. The number of rotatable bonds is 2. The topological polar surface area (TPSA) is 3.24 Å². The van der Waals surface area contributed by atoms with Gasteiger partial charge in [-0.1, -0.05) is 68.3 Å². The Labute approximate surface area is 223 Å². The van der Waals surface area contributed by atoms with Gasteiger partial charge < -0.3 is 4.90 Å². The summed E-state index contributed by atoms with van der Waals surface area (Å²) >= 11 is 0. The van der Waals surface area contributed by atoms with Crippen molar-refractivity contribution in [2.75, 3.05) is 4.90 Å². The molecule has 0 N–H and O–H groups in total. The maximum atomic E-state index is 15.2. The van der Waals surface area contributed by atoms with Crippen LogP contribution in [-0.2, 0) is 11.8 Å². The summed E-state index contributed by atoms with van der Waals surface area (Å²) in [7, 11) is 0. The maximum absolute atomic E-state index is 15.2. The average molecular weight is 532 g/mol. The van der Waals surface area contributed by atoms with Crippen molar-refractivity contribution in [3.8, 4) is 22.3 Å². The molecule has 2 aliphatic carbocycles. The molecule has 198 valence electrons. The van der Waals surface area contributed by atoms with E-state index in [1.807, 2.05) is 25.1 Å². The normalized spacial score (nSPS) is 22.9. The molecule has 1 heterocycles. The quantitative estimate of drug-likeness (QED) is 0.125. The second-order valence-corrected chi connectivity index (χ2v) is 11.5. The molecule has 0 bridgehead atoms. The summed E-state index contributed by atoms with van der Waals surface area (Å²) in [4.78, 5) is 1.39. The lowest BCUT2D eigenvalue weighted by atomic mass is 9.61. The molecule has 0 saturated heterocycles. The van der Waals surface area contributed by atoms with Crippen molar-refractivity contribution in [1.29, 1.82) is 0 Å². The summed E-state index contributed by atoms with van der Waals surface area (Å²) in [5, 5.41) is 0. The van der Waals surface area contributed by atoms with E-state index in [1.165, 1.54) is 27.2 Å². The van der Waals surface area contributed by atoms with E-state index in [0.29, 0.717) is 12.1 Å². The smallest absolute Gasteiger partial charge is 0.200 e. The highest BCUT2D eigenvalue weighted by Gasteiger charge is 2.59. The van der Waals surface area contributed by atoms with Crippen LogP contribution in [0.5, 0.6) is 0 Å². The molecule has 4 aromatic carbocycles. The highest BCUT2D eigenvalue weighted by Crippen LogP contribution is 2.62. The first-order valence-corrected chi connectivity index (χ1v) is 13.3. The lowest BCUT2D eigenvalue weighted by Gasteiger charge is -2.50. The number of hydrogen-bond acceptors (Lipinski definition) is 1. The van der Waals surface area contributed by atoms with E-state index < -0.39 is 45.7 Å². The monoisotopic (exact) mass is 531 g/mol. The summed E-state index contributed by atoms with van der Waals surface area (Å²) in [5.41, 5.74) is 6.06. The highest BCUT2D eigenvalue weighted by molar-refractivity contribution is 5.83. The Kier molecular flexibility index (Phi) is 5.11. The van der Waals surface area contributed by atoms with E-state index in [0.717, 1.165) is 42.4 Å².